The number of hydrogen-bond donors (Lipinski definition) is 0. The van der Waals surface area contributed by atoms with Gasteiger partial charge in [-0.1, -0.05) is 12.1 Å². The molecular weight excluding hydrogens is 196 g/mol. The van der Waals surface area contributed by atoms with E-state index in [0.717, 1.165) is 23.4 Å². The molecule has 0 amide bonds. The summed E-state index contributed by atoms with van der Waals surface area (Å²) >= 11 is 0. The van der Waals surface area contributed by atoms with E-state index in [2.05, 4.69) is 29.7 Å². The molecule has 1 aliphatic rings. The minimum atomic E-state index is 0.604. The van der Waals surface area contributed by atoms with Crippen molar-refractivity contribution in [1.82, 2.24) is 0 Å². The molecule has 2 nitrogen and oxygen atoms in total. The Hall–Kier alpha value is -1.75. The lowest BCUT2D eigenvalue weighted by atomic mass is 10.1. The average Bonchev–Trinajstić information content (AvgIpc) is 3.10. The Bertz CT molecular complexity index is 439. The largest absolute Gasteiger partial charge is 0.364 e. The highest BCUT2D eigenvalue weighted by atomic mass is 15.2. The van der Waals surface area contributed by atoms with Gasteiger partial charge in [-0.25, -0.2) is 0 Å². The van der Waals surface area contributed by atoms with Gasteiger partial charge in [0.15, 0.2) is 0 Å². The molecule has 1 fully saturated rings. The van der Waals surface area contributed by atoms with Crippen molar-refractivity contribution < 1.29 is 0 Å². The highest BCUT2D eigenvalue weighted by molar-refractivity contribution is 5.61. The van der Waals surface area contributed by atoms with Crippen LogP contribution in [0.3, 0.4) is 0 Å². The SMILES string of the molecule is C=CCN(c1ccc(C)cc1C#N)C1CC1. The quantitative estimate of drug-likeness (QED) is 0.717. The Balaban J connectivity index is 2.36. The molecule has 0 saturated heterocycles. The number of nitrogens with zero attached hydrogens (tertiary/aromatic N) is 2. The summed E-state index contributed by atoms with van der Waals surface area (Å²) in [5, 5.41) is 9.16. The summed E-state index contributed by atoms with van der Waals surface area (Å²) in [5.41, 5.74) is 2.96. The minimum Gasteiger partial charge on any atom is -0.364 e. The molecule has 0 aromatic heterocycles. The van der Waals surface area contributed by atoms with Crippen molar-refractivity contribution in [2.75, 3.05) is 11.4 Å². The molecule has 16 heavy (non-hydrogen) atoms. The zero-order chi connectivity index (χ0) is 11.5. The van der Waals surface area contributed by atoms with Gasteiger partial charge in [-0.2, -0.15) is 5.26 Å². The third kappa shape index (κ3) is 2.09. The Labute approximate surface area is 96.8 Å². The highest BCUT2D eigenvalue weighted by Crippen LogP contribution is 2.33. The van der Waals surface area contributed by atoms with Gasteiger partial charge in [-0.3, -0.25) is 0 Å². The molecular formula is C14H16N2. The second kappa shape index (κ2) is 4.40. The molecule has 1 aromatic carbocycles. The number of nitriles is 1. The van der Waals surface area contributed by atoms with Crippen LogP contribution in [0.4, 0.5) is 5.69 Å². The summed E-state index contributed by atoms with van der Waals surface area (Å²) in [6.45, 7) is 6.62. The third-order valence-electron chi connectivity index (χ3n) is 2.90. The molecule has 0 unspecified atom stereocenters. The first-order valence-corrected chi connectivity index (χ1v) is 5.64. The molecule has 0 N–H and O–H groups in total. The maximum Gasteiger partial charge on any atom is 0.101 e. The normalized spacial score (nSPS) is 14.2. The lowest BCUT2D eigenvalue weighted by molar-refractivity contribution is 0.860. The molecule has 0 heterocycles. The van der Waals surface area contributed by atoms with Gasteiger partial charge < -0.3 is 4.90 Å². The fourth-order valence-corrected chi connectivity index (χ4v) is 1.96. The van der Waals surface area contributed by atoms with Crippen molar-refractivity contribution >= 4 is 5.69 Å². The second-order valence-corrected chi connectivity index (χ2v) is 4.30. The molecule has 0 radical (unpaired) electrons. The van der Waals surface area contributed by atoms with Gasteiger partial charge in [0.2, 0.25) is 0 Å². The highest BCUT2D eigenvalue weighted by Gasteiger charge is 2.29. The van der Waals surface area contributed by atoms with Crippen LogP contribution >= 0.6 is 0 Å². The van der Waals surface area contributed by atoms with Crippen LogP contribution < -0.4 is 4.90 Å². The molecule has 2 heteroatoms. The second-order valence-electron chi connectivity index (χ2n) is 4.30. The van der Waals surface area contributed by atoms with Gasteiger partial charge in [-0.15, -0.1) is 6.58 Å². The predicted octanol–water partition coefficient (Wildman–Crippen LogP) is 3.02. The van der Waals surface area contributed by atoms with Crippen molar-refractivity contribution in [3.05, 3.63) is 42.0 Å². The number of rotatable bonds is 4. The van der Waals surface area contributed by atoms with E-state index in [1.54, 1.807) is 0 Å². The summed E-state index contributed by atoms with van der Waals surface area (Å²) in [4.78, 5) is 2.28. The van der Waals surface area contributed by atoms with Gasteiger partial charge in [0.25, 0.3) is 0 Å². The van der Waals surface area contributed by atoms with E-state index in [0.29, 0.717) is 6.04 Å². The van der Waals surface area contributed by atoms with Gasteiger partial charge in [0.1, 0.15) is 6.07 Å². The third-order valence-corrected chi connectivity index (χ3v) is 2.90. The lowest BCUT2D eigenvalue weighted by Crippen LogP contribution is -2.26. The summed E-state index contributed by atoms with van der Waals surface area (Å²) in [6.07, 6.45) is 4.36. The number of hydrogen-bond acceptors (Lipinski definition) is 2. The van der Waals surface area contributed by atoms with Crippen LogP contribution in [0.1, 0.15) is 24.0 Å². The fourth-order valence-electron chi connectivity index (χ4n) is 1.96. The van der Waals surface area contributed by atoms with Gasteiger partial charge >= 0.3 is 0 Å². The monoisotopic (exact) mass is 212 g/mol. The van der Waals surface area contributed by atoms with Gasteiger partial charge in [0, 0.05) is 12.6 Å². The smallest absolute Gasteiger partial charge is 0.101 e. The summed E-state index contributed by atoms with van der Waals surface area (Å²) < 4.78 is 0. The van der Waals surface area contributed by atoms with Gasteiger partial charge in [-0.05, 0) is 37.5 Å². The van der Waals surface area contributed by atoms with E-state index in [4.69, 9.17) is 5.26 Å². The molecule has 0 aliphatic heterocycles. The Morgan fingerprint density at radius 2 is 2.31 bits per heavy atom. The Morgan fingerprint density at radius 1 is 1.56 bits per heavy atom. The standard InChI is InChI=1S/C14H16N2/c1-3-8-16(13-5-6-13)14-7-4-11(2)9-12(14)10-15/h3-4,7,9,13H,1,5-6,8H2,2H3. The van der Waals surface area contributed by atoms with Crippen molar-refractivity contribution in [2.45, 2.75) is 25.8 Å². The number of benzene rings is 1. The zero-order valence-corrected chi connectivity index (χ0v) is 9.61. The fraction of sp³-hybridized carbons (Fsp3) is 0.357. The van der Waals surface area contributed by atoms with Crippen molar-refractivity contribution in [3.8, 4) is 6.07 Å². The molecule has 0 bridgehead atoms. The maximum atomic E-state index is 9.16. The van der Waals surface area contributed by atoms with Crippen molar-refractivity contribution in [3.63, 3.8) is 0 Å². The molecule has 1 aromatic rings. The molecule has 2 rings (SSSR count). The van der Waals surface area contributed by atoms with E-state index < -0.39 is 0 Å². The molecule has 1 saturated carbocycles. The topological polar surface area (TPSA) is 27.0 Å². The van der Waals surface area contributed by atoms with E-state index in [1.165, 1.54) is 12.8 Å². The maximum absolute atomic E-state index is 9.16. The summed E-state index contributed by atoms with van der Waals surface area (Å²) in [7, 11) is 0. The van der Waals surface area contributed by atoms with Crippen LogP contribution in [-0.2, 0) is 0 Å². The first-order valence-electron chi connectivity index (χ1n) is 5.64. The Morgan fingerprint density at radius 3 is 2.88 bits per heavy atom. The molecule has 0 spiro atoms. The predicted molar refractivity (Wildman–Crippen MR) is 66.5 cm³/mol. The number of anilines is 1. The van der Waals surface area contributed by atoms with Crippen molar-refractivity contribution in [2.24, 2.45) is 0 Å². The molecule has 0 atom stereocenters. The number of aryl methyl sites for hydroxylation is 1. The lowest BCUT2D eigenvalue weighted by Gasteiger charge is -2.24. The van der Waals surface area contributed by atoms with E-state index >= 15 is 0 Å². The first kappa shape index (κ1) is 10.8. The summed E-state index contributed by atoms with van der Waals surface area (Å²) in [6, 6.07) is 8.95. The van der Waals surface area contributed by atoms with Crippen LogP contribution in [0.2, 0.25) is 0 Å². The first-order chi connectivity index (χ1) is 7.76. The van der Waals surface area contributed by atoms with Crippen LogP contribution in [0.5, 0.6) is 0 Å². The van der Waals surface area contributed by atoms with E-state index in [-0.39, 0.29) is 0 Å². The molecule has 1 aliphatic carbocycles. The van der Waals surface area contributed by atoms with Crippen LogP contribution in [0, 0.1) is 18.3 Å². The van der Waals surface area contributed by atoms with Crippen LogP contribution in [0.25, 0.3) is 0 Å². The average molecular weight is 212 g/mol. The van der Waals surface area contributed by atoms with Crippen LogP contribution in [0.15, 0.2) is 30.9 Å². The zero-order valence-electron chi connectivity index (χ0n) is 9.61. The van der Waals surface area contributed by atoms with Crippen LogP contribution in [-0.4, -0.2) is 12.6 Å². The Kier molecular flexibility index (Phi) is 2.96. The minimum absolute atomic E-state index is 0.604. The van der Waals surface area contributed by atoms with Gasteiger partial charge in [0.05, 0.1) is 11.3 Å². The molecule has 82 valence electrons. The summed E-state index contributed by atoms with van der Waals surface area (Å²) in [5.74, 6) is 0. The van der Waals surface area contributed by atoms with E-state index in [1.807, 2.05) is 19.1 Å². The van der Waals surface area contributed by atoms with E-state index in [9.17, 15) is 0 Å². The van der Waals surface area contributed by atoms with Crippen molar-refractivity contribution in [1.29, 1.82) is 5.26 Å².